The van der Waals surface area contributed by atoms with Crippen LogP contribution in [0.3, 0.4) is 0 Å². The van der Waals surface area contributed by atoms with Crippen LogP contribution >= 0.6 is 0 Å². The number of nitrogens with one attached hydrogen (secondary N) is 1. The van der Waals surface area contributed by atoms with E-state index in [0.29, 0.717) is 23.1 Å². The molecule has 8 heteroatoms. The topological polar surface area (TPSA) is 73.1 Å². The van der Waals surface area contributed by atoms with Crippen molar-refractivity contribution in [1.29, 1.82) is 0 Å². The van der Waals surface area contributed by atoms with E-state index in [4.69, 9.17) is 5.73 Å². The van der Waals surface area contributed by atoms with Gasteiger partial charge in [-0.15, -0.1) is 13.2 Å². The molecule has 106 valence electrons. The van der Waals surface area contributed by atoms with Gasteiger partial charge in [-0.05, 0) is 31.2 Å². The van der Waals surface area contributed by atoms with Crippen molar-refractivity contribution in [3.8, 4) is 5.75 Å². The molecule has 0 atom stereocenters. The molecule has 0 aliphatic carbocycles. The quantitative estimate of drug-likeness (QED) is 0.906. The molecule has 0 saturated carbocycles. The molecule has 20 heavy (non-hydrogen) atoms. The standard InChI is InChI=1S/C12H11F3N4O/c1-7-17-10(16)6-11(18-7)19-8-2-4-9(5-3-8)20-12(13,14)15/h2-6H,1H3,(H3,16,17,18,19). The van der Waals surface area contributed by atoms with Gasteiger partial charge in [-0.2, -0.15) is 0 Å². The number of aryl methyl sites for hydroxylation is 1. The summed E-state index contributed by atoms with van der Waals surface area (Å²) in [7, 11) is 0. The molecule has 1 heterocycles. The third-order valence-electron chi connectivity index (χ3n) is 2.22. The van der Waals surface area contributed by atoms with E-state index in [1.807, 2.05) is 0 Å². The van der Waals surface area contributed by atoms with Crippen molar-refractivity contribution in [1.82, 2.24) is 9.97 Å². The number of anilines is 3. The Morgan fingerprint density at radius 1 is 1.15 bits per heavy atom. The molecule has 0 saturated heterocycles. The van der Waals surface area contributed by atoms with Crippen LogP contribution < -0.4 is 15.8 Å². The number of aromatic nitrogens is 2. The molecule has 0 aliphatic heterocycles. The number of halogens is 3. The Morgan fingerprint density at radius 2 is 1.80 bits per heavy atom. The molecule has 0 unspecified atom stereocenters. The molecule has 1 aromatic heterocycles. The summed E-state index contributed by atoms with van der Waals surface area (Å²) < 4.78 is 39.8. The van der Waals surface area contributed by atoms with Crippen LogP contribution in [0.15, 0.2) is 30.3 Å². The van der Waals surface area contributed by atoms with Crippen molar-refractivity contribution in [2.24, 2.45) is 0 Å². The fourth-order valence-corrected chi connectivity index (χ4v) is 1.54. The number of nitrogens with two attached hydrogens (primary N) is 1. The molecule has 0 spiro atoms. The molecule has 0 amide bonds. The summed E-state index contributed by atoms with van der Waals surface area (Å²) in [5.74, 6) is 0.961. The first-order valence-electron chi connectivity index (χ1n) is 5.56. The molecule has 0 radical (unpaired) electrons. The number of ether oxygens (including phenoxy) is 1. The SMILES string of the molecule is Cc1nc(N)cc(Nc2ccc(OC(F)(F)F)cc2)n1. The molecule has 2 aromatic rings. The molecule has 5 nitrogen and oxygen atoms in total. The molecule has 3 N–H and O–H groups in total. The van der Waals surface area contributed by atoms with Gasteiger partial charge in [-0.1, -0.05) is 0 Å². The number of alkyl halides is 3. The van der Waals surface area contributed by atoms with Gasteiger partial charge in [0.15, 0.2) is 0 Å². The van der Waals surface area contributed by atoms with Crippen LogP contribution in [0.1, 0.15) is 5.82 Å². The number of benzene rings is 1. The van der Waals surface area contributed by atoms with E-state index >= 15 is 0 Å². The number of rotatable bonds is 3. The Bertz CT molecular complexity index is 578. The fourth-order valence-electron chi connectivity index (χ4n) is 1.54. The molecular formula is C12H11F3N4O. The van der Waals surface area contributed by atoms with Crippen LogP contribution in [0.2, 0.25) is 0 Å². The first-order valence-corrected chi connectivity index (χ1v) is 5.56. The highest BCUT2D eigenvalue weighted by Crippen LogP contribution is 2.25. The van der Waals surface area contributed by atoms with Crippen LogP contribution in [-0.2, 0) is 0 Å². The summed E-state index contributed by atoms with van der Waals surface area (Å²) >= 11 is 0. The number of hydrogen-bond donors (Lipinski definition) is 2. The molecule has 0 aliphatic rings. The van der Waals surface area contributed by atoms with E-state index in [9.17, 15) is 13.2 Å². The summed E-state index contributed by atoms with van der Waals surface area (Å²) in [5, 5.41) is 2.91. The average molecular weight is 284 g/mol. The van der Waals surface area contributed by atoms with Gasteiger partial charge in [0.05, 0.1) is 0 Å². The van der Waals surface area contributed by atoms with Gasteiger partial charge < -0.3 is 15.8 Å². The van der Waals surface area contributed by atoms with Crippen LogP contribution in [-0.4, -0.2) is 16.3 Å². The predicted molar refractivity (Wildman–Crippen MR) is 67.6 cm³/mol. The largest absolute Gasteiger partial charge is 0.573 e. The van der Waals surface area contributed by atoms with Crippen molar-refractivity contribution in [3.63, 3.8) is 0 Å². The highest BCUT2D eigenvalue weighted by Gasteiger charge is 2.30. The molecule has 0 bridgehead atoms. The third-order valence-corrected chi connectivity index (χ3v) is 2.22. The lowest BCUT2D eigenvalue weighted by atomic mass is 10.3. The molecular weight excluding hydrogens is 273 g/mol. The minimum Gasteiger partial charge on any atom is -0.406 e. The summed E-state index contributed by atoms with van der Waals surface area (Å²) in [4.78, 5) is 8.01. The zero-order valence-corrected chi connectivity index (χ0v) is 10.4. The van der Waals surface area contributed by atoms with Gasteiger partial charge in [0.25, 0.3) is 0 Å². The van der Waals surface area contributed by atoms with Gasteiger partial charge in [0.1, 0.15) is 23.2 Å². The zero-order valence-electron chi connectivity index (χ0n) is 10.4. The third kappa shape index (κ3) is 4.01. The van der Waals surface area contributed by atoms with Crippen molar-refractivity contribution in [2.45, 2.75) is 13.3 Å². The number of nitrogen functional groups attached to an aromatic ring is 1. The van der Waals surface area contributed by atoms with Crippen LogP contribution in [0.4, 0.5) is 30.5 Å². The van der Waals surface area contributed by atoms with Gasteiger partial charge >= 0.3 is 6.36 Å². The fraction of sp³-hybridized carbons (Fsp3) is 0.167. The Balaban J connectivity index is 2.10. The van der Waals surface area contributed by atoms with Crippen molar-refractivity contribution in [2.75, 3.05) is 11.1 Å². The normalized spacial score (nSPS) is 11.2. The summed E-state index contributed by atoms with van der Waals surface area (Å²) in [6.45, 7) is 1.68. The molecule has 2 rings (SSSR count). The maximum Gasteiger partial charge on any atom is 0.573 e. The van der Waals surface area contributed by atoms with Crippen molar-refractivity contribution in [3.05, 3.63) is 36.2 Å². The monoisotopic (exact) mass is 284 g/mol. The summed E-state index contributed by atoms with van der Waals surface area (Å²) in [6.07, 6.45) is -4.70. The lowest BCUT2D eigenvalue weighted by Gasteiger charge is -2.10. The van der Waals surface area contributed by atoms with Crippen LogP contribution in [0.25, 0.3) is 0 Å². The number of nitrogens with zero attached hydrogens (tertiary/aromatic N) is 2. The van der Waals surface area contributed by atoms with Crippen molar-refractivity contribution >= 4 is 17.3 Å². The highest BCUT2D eigenvalue weighted by molar-refractivity contribution is 5.59. The van der Waals surface area contributed by atoms with E-state index in [2.05, 4.69) is 20.0 Å². The maximum atomic E-state index is 12.0. The van der Waals surface area contributed by atoms with Crippen LogP contribution in [0, 0.1) is 6.92 Å². The zero-order chi connectivity index (χ0) is 14.8. The predicted octanol–water partition coefficient (Wildman–Crippen LogP) is 3.01. The lowest BCUT2D eigenvalue weighted by molar-refractivity contribution is -0.274. The Morgan fingerprint density at radius 3 is 2.35 bits per heavy atom. The average Bonchev–Trinajstić information content (AvgIpc) is 2.28. The minimum atomic E-state index is -4.70. The van der Waals surface area contributed by atoms with E-state index in [-0.39, 0.29) is 5.75 Å². The first kappa shape index (κ1) is 13.9. The molecule has 0 fully saturated rings. The Kier molecular flexibility index (Phi) is 3.64. The second kappa shape index (κ2) is 5.24. The smallest absolute Gasteiger partial charge is 0.406 e. The second-order valence-electron chi connectivity index (χ2n) is 3.92. The van der Waals surface area contributed by atoms with Crippen molar-refractivity contribution < 1.29 is 17.9 Å². The maximum absolute atomic E-state index is 12.0. The van der Waals surface area contributed by atoms with Gasteiger partial charge in [-0.3, -0.25) is 0 Å². The van der Waals surface area contributed by atoms with E-state index < -0.39 is 6.36 Å². The van der Waals surface area contributed by atoms with Crippen LogP contribution in [0.5, 0.6) is 5.75 Å². The molecule has 1 aromatic carbocycles. The second-order valence-corrected chi connectivity index (χ2v) is 3.92. The Labute approximate surface area is 112 Å². The lowest BCUT2D eigenvalue weighted by Crippen LogP contribution is -2.16. The van der Waals surface area contributed by atoms with E-state index in [0.717, 1.165) is 0 Å². The van der Waals surface area contributed by atoms with Gasteiger partial charge in [0, 0.05) is 11.8 Å². The summed E-state index contributed by atoms with van der Waals surface area (Å²) in [6, 6.07) is 6.80. The van der Waals surface area contributed by atoms with Gasteiger partial charge in [-0.25, -0.2) is 9.97 Å². The summed E-state index contributed by atoms with van der Waals surface area (Å²) in [5.41, 5.74) is 6.12. The van der Waals surface area contributed by atoms with E-state index in [1.165, 1.54) is 30.3 Å². The number of hydrogen-bond acceptors (Lipinski definition) is 5. The highest BCUT2D eigenvalue weighted by atomic mass is 19.4. The first-order chi connectivity index (χ1) is 9.32. The minimum absolute atomic E-state index is 0.290. The Hall–Kier alpha value is -2.51. The van der Waals surface area contributed by atoms with Gasteiger partial charge in [0.2, 0.25) is 0 Å². The van der Waals surface area contributed by atoms with E-state index in [1.54, 1.807) is 6.92 Å².